The summed E-state index contributed by atoms with van der Waals surface area (Å²) in [6, 6.07) is 6.00. The molecule has 1 saturated carbocycles. The molecule has 0 atom stereocenters. The van der Waals surface area contributed by atoms with Gasteiger partial charge in [-0.3, -0.25) is 4.90 Å². The number of nitrogens with zero attached hydrogens (tertiary/aromatic N) is 5. The van der Waals surface area contributed by atoms with Crippen molar-refractivity contribution in [2.45, 2.75) is 32.0 Å². The molecule has 2 aromatic rings. The number of hydrogen-bond donors (Lipinski definition) is 1. The van der Waals surface area contributed by atoms with Crippen LogP contribution < -0.4 is 0 Å². The lowest BCUT2D eigenvalue weighted by Crippen LogP contribution is -2.27. The summed E-state index contributed by atoms with van der Waals surface area (Å²) >= 11 is 12.0. The van der Waals surface area contributed by atoms with Crippen LogP contribution in [0.1, 0.15) is 30.3 Å². The highest BCUT2D eigenvalue weighted by atomic mass is 35.5. The van der Waals surface area contributed by atoms with Gasteiger partial charge in [0.15, 0.2) is 5.82 Å². The average Bonchev–Trinajstić information content (AvgIpc) is 3.23. The summed E-state index contributed by atoms with van der Waals surface area (Å²) in [4.78, 5) is 2.09. The molecule has 22 heavy (non-hydrogen) atoms. The van der Waals surface area contributed by atoms with Gasteiger partial charge in [-0.1, -0.05) is 29.3 Å². The molecule has 0 amide bonds. The van der Waals surface area contributed by atoms with Crippen LogP contribution in [0.2, 0.25) is 10.0 Å². The molecule has 0 spiro atoms. The molecule has 1 N–H and O–H groups in total. The monoisotopic (exact) mass is 341 g/mol. The van der Waals surface area contributed by atoms with Crippen molar-refractivity contribution in [1.29, 1.82) is 0 Å². The number of hydrogen-bond acceptors (Lipinski definition) is 5. The third-order valence-electron chi connectivity index (χ3n) is 3.63. The van der Waals surface area contributed by atoms with Gasteiger partial charge in [0.2, 0.25) is 0 Å². The SMILES string of the molecule is OCCN(Cc1ccc(Cl)c(Cl)c1)Cc1nnnn1C1CC1. The van der Waals surface area contributed by atoms with E-state index in [9.17, 15) is 5.11 Å². The molecule has 0 bridgehead atoms. The Kier molecular flexibility index (Phi) is 4.93. The van der Waals surface area contributed by atoms with Gasteiger partial charge in [-0.2, -0.15) is 0 Å². The summed E-state index contributed by atoms with van der Waals surface area (Å²) in [5, 5.41) is 22.3. The summed E-state index contributed by atoms with van der Waals surface area (Å²) in [6.07, 6.45) is 2.26. The molecule has 1 fully saturated rings. The van der Waals surface area contributed by atoms with E-state index in [1.54, 1.807) is 6.07 Å². The van der Waals surface area contributed by atoms with Crippen LogP contribution in [0.15, 0.2) is 18.2 Å². The smallest absolute Gasteiger partial charge is 0.165 e. The fourth-order valence-electron chi connectivity index (χ4n) is 2.37. The summed E-state index contributed by atoms with van der Waals surface area (Å²) in [5.74, 6) is 0.830. The second-order valence-corrected chi connectivity index (χ2v) is 6.27. The summed E-state index contributed by atoms with van der Waals surface area (Å²) < 4.78 is 1.89. The van der Waals surface area contributed by atoms with Crippen molar-refractivity contribution in [2.75, 3.05) is 13.2 Å². The van der Waals surface area contributed by atoms with Crippen molar-refractivity contribution < 1.29 is 5.11 Å². The lowest BCUT2D eigenvalue weighted by atomic mass is 10.2. The molecular formula is C14H17Cl2N5O. The van der Waals surface area contributed by atoms with E-state index >= 15 is 0 Å². The minimum atomic E-state index is 0.0757. The largest absolute Gasteiger partial charge is 0.395 e. The second kappa shape index (κ2) is 6.91. The Balaban J connectivity index is 1.71. The number of aromatic nitrogens is 4. The van der Waals surface area contributed by atoms with Gasteiger partial charge in [-0.15, -0.1) is 5.10 Å². The number of aliphatic hydroxyl groups is 1. The summed E-state index contributed by atoms with van der Waals surface area (Å²) in [7, 11) is 0. The molecule has 3 rings (SSSR count). The first-order valence-electron chi connectivity index (χ1n) is 7.21. The lowest BCUT2D eigenvalue weighted by Gasteiger charge is -2.21. The first-order valence-corrected chi connectivity index (χ1v) is 7.97. The zero-order valence-electron chi connectivity index (χ0n) is 12.0. The quantitative estimate of drug-likeness (QED) is 0.836. The van der Waals surface area contributed by atoms with Crippen LogP contribution >= 0.6 is 23.2 Å². The molecule has 0 aliphatic heterocycles. The van der Waals surface area contributed by atoms with Gasteiger partial charge < -0.3 is 5.11 Å². The molecule has 1 aromatic carbocycles. The van der Waals surface area contributed by atoms with Gasteiger partial charge in [0.1, 0.15) is 0 Å². The Morgan fingerprint density at radius 2 is 2.05 bits per heavy atom. The minimum Gasteiger partial charge on any atom is -0.395 e. The number of rotatable bonds is 7. The first kappa shape index (κ1) is 15.7. The van der Waals surface area contributed by atoms with Crippen LogP contribution in [-0.2, 0) is 13.1 Å². The molecule has 1 heterocycles. The molecule has 0 unspecified atom stereocenters. The standard InChI is InChI=1S/C14H17Cl2N5O/c15-12-4-1-10(7-13(12)16)8-20(5-6-22)9-14-17-18-19-21(14)11-2-3-11/h1,4,7,11,22H,2-3,5-6,8-9H2. The Labute approximate surface area is 138 Å². The molecule has 8 heteroatoms. The van der Waals surface area contributed by atoms with Crippen LogP contribution in [-0.4, -0.2) is 43.4 Å². The molecule has 0 radical (unpaired) electrons. The van der Waals surface area contributed by atoms with Crippen molar-refractivity contribution in [3.63, 3.8) is 0 Å². The van der Waals surface area contributed by atoms with Crippen LogP contribution in [0.4, 0.5) is 0 Å². The van der Waals surface area contributed by atoms with Crippen molar-refractivity contribution in [3.05, 3.63) is 39.6 Å². The van der Waals surface area contributed by atoms with Crippen molar-refractivity contribution in [2.24, 2.45) is 0 Å². The van der Waals surface area contributed by atoms with Crippen LogP contribution in [0.3, 0.4) is 0 Å². The predicted octanol–water partition coefficient (Wildman–Crippen LogP) is 2.31. The zero-order chi connectivity index (χ0) is 15.5. The Hall–Kier alpha value is -1.21. The van der Waals surface area contributed by atoms with E-state index in [-0.39, 0.29) is 6.61 Å². The highest BCUT2D eigenvalue weighted by Crippen LogP contribution is 2.34. The van der Waals surface area contributed by atoms with E-state index in [0.717, 1.165) is 24.2 Å². The van der Waals surface area contributed by atoms with E-state index in [1.807, 2.05) is 16.8 Å². The Morgan fingerprint density at radius 1 is 1.23 bits per heavy atom. The van der Waals surface area contributed by atoms with Gasteiger partial charge in [-0.25, -0.2) is 4.68 Å². The highest BCUT2D eigenvalue weighted by Gasteiger charge is 2.28. The molecule has 6 nitrogen and oxygen atoms in total. The van der Waals surface area contributed by atoms with E-state index < -0.39 is 0 Å². The van der Waals surface area contributed by atoms with Crippen molar-refractivity contribution in [3.8, 4) is 0 Å². The van der Waals surface area contributed by atoms with E-state index in [1.165, 1.54) is 0 Å². The fraction of sp³-hybridized carbons (Fsp3) is 0.500. The second-order valence-electron chi connectivity index (χ2n) is 5.45. The maximum atomic E-state index is 9.29. The highest BCUT2D eigenvalue weighted by molar-refractivity contribution is 6.42. The third kappa shape index (κ3) is 3.76. The molecule has 118 valence electrons. The van der Waals surface area contributed by atoms with Crippen LogP contribution in [0.5, 0.6) is 0 Å². The van der Waals surface area contributed by atoms with Crippen molar-refractivity contribution in [1.82, 2.24) is 25.1 Å². The van der Waals surface area contributed by atoms with Gasteiger partial charge in [0.05, 0.1) is 29.2 Å². The van der Waals surface area contributed by atoms with E-state index in [2.05, 4.69) is 20.4 Å². The predicted molar refractivity (Wildman–Crippen MR) is 83.7 cm³/mol. The van der Waals surface area contributed by atoms with Crippen molar-refractivity contribution >= 4 is 23.2 Å². The Bertz CT molecular complexity index is 644. The normalized spacial score (nSPS) is 14.7. The van der Waals surface area contributed by atoms with E-state index in [0.29, 0.717) is 35.7 Å². The third-order valence-corrected chi connectivity index (χ3v) is 4.36. The zero-order valence-corrected chi connectivity index (χ0v) is 13.5. The molecule has 0 saturated heterocycles. The summed E-state index contributed by atoms with van der Waals surface area (Å²) in [6.45, 7) is 1.85. The number of tetrazole rings is 1. The maximum Gasteiger partial charge on any atom is 0.165 e. The number of halogens is 2. The van der Waals surface area contributed by atoms with Gasteiger partial charge in [0.25, 0.3) is 0 Å². The summed E-state index contributed by atoms with van der Waals surface area (Å²) in [5.41, 5.74) is 1.04. The van der Waals surface area contributed by atoms with E-state index in [4.69, 9.17) is 23.2 Å². The molecule has 1 aromatic heterocycles. The van der Waals surface area contributed by atoms with Gasteiger partial charge >= 0.3 is 0 Å². The lowest BCUT2D eigenvalue weighted by molar-refractivity contribution is 0.179. The maximum absolute atomic E-state index is 9.29. The van der Waals surface area contributed by atoms with Crippen LogP contribution in [0, 0.1) is 0 Å². The van der Waals surface area contributed by atoms with Gasteiger partial charge in [-0.05, 0) is 41.0 Å². The minimum absolute atomic E-state index is 0.0757. The van der Waals surface area contributed by atoms with Gasteiger partial charge in [0, 0.05) is 13.1 Å². The molecule has 1 aliphatic carbocycles. The average molecular weight is 342 g/mol. The number of benzene rings is 1. The first-order chi connectivity index (χ1) is 10.7. The fourth-order valence-corrected chi connectivity index (χ4v) is 2.69. The topological polar surface area (TPSA) is 67.1 Å². The number of aliphatic hydroxyl groups excluding tert-OH is 1. The molecular weight excluding hydrogens is 325 g/mol. The Morgan fingerprint density at radius 3 is 2.73 bits per heavy atom. The molecule has 1 aliphatic rings. The van der Waals surface area contributed by atoms with Crippen LogP contribution in [0.25, 0.3) is 0 Å².